The Labute approximate surface area is 245 Å². The monoisotopic (exact) mass is 553 g/mol. The van der Waals surface area contributed by atoms with E-state index in [9.17, 15) is 15.0 Å². The van der Waals surface area contributed by atoms with Crippen LogP contribution in [0.25, 0.3) is 0 Å². The second-order valence-electron chi connectivity index (χ2n) is 13.2. The van der Waals surface area contributed by atoms with Gasteiger partial charge in [0.2, 0.25) is 0 Å². The highest BCUT2D eigenvalue weighted by Crippen LogP contribution is 2.21. The van der Waals surface area contributed by atoms with Gasteiger partial charge in [-0.2, -0.15) is 0 Å². The van der Waals surface area contributed by atoms with Gasteiger partial charge in [0, 0.05) is 0 Å². The molecule has 0 aromatic rings. The molecule has 2 unspecified atom stereocenters. The first-order valence-electron chi connectivity index (χ1n) is 17.9. The third-order valence-corrected chi connectivity index (χ3v) is 8.66. The molecule has 3 heteroatoms. The maximum absolute atomic E-state index is 11.7. The number of rotatable bonds is 32. The van der Waals surface area contributed by atoms with Crippen LogP contribution in [0.5, 0.6) is 0 Å². The van der Waals surface area contributed by atoms with Crippen LogP contribution in [-0.2, 0) is 4.79 Å². The minimum absolute atomic E-state index is 0.0938. The number of aliphatic hydroxyl groups is 1. The Morgan fingerprint density at radius 1 is 0.462 bits per heavy atom. The summed E-state index contributed by atoms with van der Waals surface area (Å²) in [6.07, 6.45) is 35.8. The van der Waals surface area contributed by atoms with Crippen LogP contribution in [0, 0.1) is 11.8 Å². The molecule has 0 saturated carbocycles. The van der Waals surface area contributed by atoms with Crippen molar-refractivity contribution >= 4 is 5.97 Å². The average Bonchev–Trinajstić information content (AvgIpc) is 2.90. The second kappa shape index (κ2) is 30.4. The van der Waals surface area contributed by atoms with E-state index in [1.165, 1.54) is 141 Å². The number of unbranched alkanes of at least 4 members (excludes halogenated alkanes) is 21. The molecule has 0 spiro atoms. The van der Waals surface area contributed by atoms with Gasteiger partial charge >= 0.3 is 5.97 Å². The van der Waals surface area contributed by atoms with Gasteiger partial charge in [0.1, 0.15) is 0 Å². The van der Waals surface area contributed by atoms with E-state index in [4.69, 9.17) is 0 Å². The first-order chi connectivity index (χ1) is 19.0. The van der Waals surface area contributed by atoms with E-state index < -0.39 is 5.97 Å². The second-order valence-corrected chi connectivity index (χ2v) is 13.2. The Bertz CT molecular complexity index is 490. The Morgan fingerprint density at radius 3 is 1.05 bits per heavy atom. The Morgan fingerprint density at radius 2 is 0.744 bits per heavy atom. The zero-order chi connectivity index (χ0) is 28.8. The molecule has 0 aliphatic rings. The van der Waals surface area contributed by atoms with Gasteiger partial charge in [0.05, 0.1) is 12.0 Å². The zero-order valence-electron chi connectivity index (χ0n) is 27.0. The molecule has 0 aromatic heterocycles. The lowest BCUT2D eigenvalue weighted by Gasteiger charge is -2.12. The number of carboxylic acids is 1. The van der Waals surface area contributed by atoms with Crippen LogP contribution in [0.3, 0.4) is 0 Å². The van der Waals surface area contributed by atoms with Crippen LogP contribution in [0.15, 0.2) is 0 Å². The summed E-state index contributed by atoms with van der Waals surface area (Å²) in [7, 11) is 0. The minimum atomic E-state index is -0.580. The summed E-state index contributed by atoms with van der Waals surface area (Å²) in [5.41, 5.74) is 0. The van der Waals surface area contributed by atoms with Crippen molar-refractivity contribution in [2.75, 3.05) is 0 Å². The molecule has 234 valence electrons. The molecule has 0 saturated heterocycles. The Kier molecular flexibility index (Phi) is 29.9. The largest absolute Gasteiger partial charge is 0.481 e. The molecule has 0 heterocycles. The molecule has 39 heavy (non-hydrogen) atoms. The molecule has 0 aromatic carbocycles. The molecule has 0 bridgehead atoms. The summed E-state index contributed by atoms with van der Waals surface area (Å²) in [5, 5.41) is 19.7. The smallest absolute Gasteiger partial charge is 0.306 e. The quantitative estimate of drug-likeness (QED) is 0.0816. The molecule has 0 rings (SSSR count). The van der Waals surface area contributed by atoms with Crippen molar-refractivity contribution < 1.29 is 15.0 Å². The lowest BCUT2D eigenvalue weighted by atomic mass is 9.94. The molecule has 0 aliphatic heterocycles. The van der Waals surface area contributed by atoms with Gasteiger partial charge < -0.3 is 10.2 Å². The number of aliphatic carboxylic acids is 1. The molecule has 2 N–H and O–H groups in total. The first kappa shape index (κ1) is 38.4. The lowest BCUT2D eigenvalue weighted by molar-refractivity contribution is -0.142. The third-order valence-electron chi connectivity index (χ3n) is 8.66. The van der Waals surface area contributed by atoms with E-state index in [2.05, 4.69) is 20.8 Å². The number of aliphatic hydroxyl groups excluding tert-OH is 1. The van der Waals surface area contributed by atoms with Crippen LogP contribution < -0.4 is 0 Å². The van der Waals surface area contributed by atoms with E-state index in [0.29, 0.717) is 0 Å². The van der Waals surface area contributed by atoms with Gasteiger partial charge in [-0.05, 0) is 31.6 Å². The molecular weight excluding hydrogens is 480 g/mol. The maximum atomic E-state index is 11.7. The van der Waals surface area contributed by atoms with Gasteiger partial charge in [-0.3, -0.25) is 4.79 Å². The van der Waals surface area contributed by atoms with Gasteiger partial charge in [-0.15, -0.1) is 0 Å². The number of hydrogen-bond donors (Lipinski definition) is 2. The van der Waals surface area contributed by atoms with Crippen molar-refractivity contribution in [2.24, 2.45) is 11.8 Å². The molecule has 0 fully saturated rings. The van der Waals surface area contributed by atoms with Gasteiger partial charge in [-0.25, -0.2) is 0 Å². The van der Waals surface area contributed by atoms with Crippen molar-refractivity contribution in [1.82, 2.24) is 0 Å². The van der Waals surface area contributed by atoms with Crippen molar-refractivity contribution in [3.63, 3.8) is 0 Å². The van der Waals surface area contributed by atoms with Crippen molar-refractivity contribution in [3.8, 4) is 0 Å². The van der Waals surface area contributed by atoms with Crippen LogP contribution in [-0.4, -0.2) is 22.3 Å². The molecule has 3 nitrogen and oxygen atoms in total. The number of carbonyl (C=O) groups is 1. The zero-order valence-corrected chi connectivity index (χ0v) is 27.0. The van der Waals surface area contributed by atoms with Crippen molar-refractivity contribution in [3.05, 3.63) is 0 Å². The fourth-order valence-corrected chi connectivity index (χ4v) is 5.88. The highest BCUT2D eigenvalue weighted by Gasteiger charge is 2.16. The van der Waals surface area contributed by atoms with E-state index in [0.717, 1.165) is 50.9 Å². The molecule has 0 aliphatic carbocycles. The molecule has 2 atom stereocenters. The summed E-state index contributed by atoms with van der Waals surface area (Å²) in [6, 6.07) is 0. The molecular formula is C36H72O3. The number of hydrogen-bond acceptors (Lipinski definition) is 2. The summed E-state index contributed by atoms with van der Waals surface area (Å²) < 4.78 is 0. The number of carboxylic acid groups (broad SMARTS) is 1. The van der Waals surface area contributed by atoms with E-state index >= 15 is 0 Å². The van der Waals surface area contributed by atoms with Gasteiger partial charge in [0.25, 0.3) is 0 Å². The van der Waals surface area contributed by atoms with E-state index in [1.54, 1.807) is 0 Å². The standard InChI is InChI=1S/C36H72O3/c1-4-5-6-26-31-35(37)32-27-22-18-14-17-21-25-30-34(36(38)39)29-24-20-16-13-11-9-7-8-10-12-15-19-23-28-33(2)3/h33-35,37H,4-32H2,1-3H3,(H,38,39). The Balaban J connectivity index is 3.46. The predicted molar refractivity (Wildman–Crippen MR) is 172 cm³/mol. The fraction of sp³-hybridized carbons (Fsp3) is 0.972. The fourth-order valence-electron chi connectivity index (χ4n) is 5.88. The van der Waals surface area contributed by atoms with Crippen LogP contribution in [0.4, 0.5) is 0 Å². The molecule has 0 amide bonds. The average molecular weight is 553 g/mol. The van der Waals surface area contributed by atoms with Gasteiger partial charge in [0.15, 0.2) is 0 Å². The topological polar surface area (TPSA) is 57.5 Å². The highest BCUT2D eigenvalue weighted by atomic mass is 16.4. The minimum Gasteiger partial charge on any atom is -0.481 e. The Hall–Kier alpha value is -0.570. The molecule has 0 radical (unpaired) electrons. The summed E-state index contributed by atoms with van der Waals surface area (Å²) in [5.74, 6) is 0.151. The SMILES string of the molecule is CCCCCCC(O)CCCCCCCCCC(CCCCCCCCCCCCCCCC(C)C)C(=O)O. The normalized spacial score (nSPS) is 13.3. The van der Waals surface area contributed by atoms with E-state index in [1.807, 2.05) is 0 Å². The van der Waals surface area contributed by atoms with Crippen LogP contribution in [0.2, 0.25) is 0 Å². The maximum Gasteiger partial charge on any atom is 0.306 e. The van der Waals surface area contributed by atoms with E-state index in [-0.39, 0.29) is 12.0 Å². The first-order valence-corrected chi connectivity index (χ1v) is 17.9. The predicted octanol–water partition coefficient (Wildman–Crippen LogP) is 12.0. The summed E-state index contributed by atoms with van der Waals surface area (Å²) in [4.78, 5) is 11.7. The van der Waals surface area contributed by atoms with Crippen LogP contribution >= 0.6 is 0 Å². The highest BCUT2D eigenvalue weighted by molar-refractivity contribution is 5.69. The summed E-state index contributed by atoms with van der Waals surface area (Å²) in [6.45, 7) is 6.87. The van der Waals surface area contributed by atoms with Crippen LogP contribution in [0.1, 0.15) is 207 Å². The van der Waals surface area contributed by atoms with Gasteiger partial charge in [-0.1, -0.05) is 181 Å². The van der Waals surface area contributed by atoms with Crippen molar-refractivity contribution in [2.45, 2.75) is 213 Å². The lowest BCUT2D eigenvalue weighted by Crippen LogP contribution is -2.13. The third kappa shape index (κ3) is 30.2. The van der Waals surface area contributed by atoms with Crippen molar-refractivity contribution in [1.29, 1.82) is 0 Å². The summed E-state index contributed by atoms with van der Waals surface area (Å²) >= 11 is 0.